The van der Waals surface area contributed by atoms with Crippen LogP contribution in [0.4, 0.5) is 20.0 Å². The van der Waals surface area contributed by atoms with Crippen LogP contribution in [-0.4, -0.2) is 27.2 Å². The summed E-state index contributed by atoms with van der Waals surface area (Å²) in [7, 11) is 0. The van der Waals surface area contributed by atoms with Crippen LogP contribution in [-0.2, 0) is 6.54 Å². The van der Waals surface area contributed by atoms with Gasteiger partial charge in [0.2, 0.25) is 5.13 Å². The van der Waals surface area contributed by atoms with Gasteiger partial charge >= 0.3 is 6.03 Å². The van der Waals surface area contributed by atoms with Gasteiger partial charge in [0.25, 0.3) is 0 Å². The summed E-state index contributed by atoms with van der Waals surface area (Å²) < 4.78 is 12.9. The second-order valence-corrected chi connectivity index (χ2v) is 7.00. The molecule has 0 saturated carbocycles. The van der Waals surface area contributed by atoms with Crippen molar-refractivity contribution in [3.8, 4) is 0 Å². The molecule has 2 heterocycles. The van der Waals surface area contributed by atoms with Gasteiger partial charge in [-0.3, -0.25) is 5.32 Å². The molecular weight excluding hydrogens is 353 g/mol. The zero-order valence-electron chi connectivity index (χ0n) is 13.7. The van der Waals surface area contributed by atoms with E-state index in [2.05, 4.69) is 56.2 Å². The number of nitrogens with zero attached hydrogens (tertiary/aromatic N) is 3. The Hall–Kier alpha value is -3.00. The molecule has 0 fully saturated rings. The van der Waals surface area contributed by atoms with Gasteiger partial charge in [-0.1, -0.05) is 41.7 Å². The van der Waals surface area contributed by atoms with Crippen molar-refractivity contribution in [3.05, 3.63) is 71.7 Å². The summed E-state index contributed by atoms with van der Waals surface area (Å²) in [5, 5.41) is 14.7. The third-order valence-electron chi connectivity index (χ3n) is 4.14. The van der Waals surface area contributed by atoms with Crippen molar-refractivity contribution < 1.29 is 9.18 Å². The van der Waals surface area contributed by atoms with Crippen LogP contribution in [0.1, 0.15) is 5.01 Å². The Balaban J connectivity index is 1.34. The summed E-state index contributed by atoms with van der Waals surface area (Å²) in [6.45, 7) is 0.634. The first-order valence-corrected chi connectivity index (χ1v) is 8.94. The van der Waals surface area contributed by atoms with Gasteiger partial charge in [0.1, 0.15) is 10.8 Å². The molecule has 1 aromatic heterocycles. The molecule has 4 rings (SSSR count). The van der Waals surface area contributed by atoms with Gasteiger partial charge in [-0.05, 0) is 30.5 Å². The smallest absolute Gasteiger partial charge is 0.325 e. The lowest BCUT2D eigenvalue weighted by molar-refractivity contribution is 0.262. The van der Waals surface area contributed by atoms with Gasteiger partial charge < -0.3 is 10.2 Å². The first-order chi connectivity index (χ1) is 12.7. The standard InChI is InChI=1S/C18H16FN5OS/c19-13-5-7-14(8-6-13)20-17(25)21-18-23-22-16(26-18)11-24-10-9-12-3-1-2-4-15(12)24/h1-10,12,15H,11H2,(H2,20,21,23,25). The molecule has 6 nitrogen and oxygen atoms in total. The second-order valence-electron chi connectivity index (χ2n) is 5.94. The molecule has 0 saturated heterocycles. The van der Waals surface area contributed by atoms with Gasteiger partial charge in [-0.2, -0.15) is 0 Å². The summed E-state index contributed by atoms with van der Waals surface area (Å²) >= 11 is 1.33. The number of hydrogen-bond acceptors (Lipinski definition) is 5. The van der Waals surface area contributed by atoms with E-state index in [1.807, 2.05) is 6.08 Å². The lowest BCUT2D eigenvalue weighted by Crippen LogP contribution is -2.29. The monoisotopic (exact) mass is 369 g/mol. The first-order valence-electron chi connectivity index (χ1n) is 8.12. The molecule has 2 amide bonds. The molecule has 132 valence electrons. The number of hydrogen-bond donors (Lipinski definition) is 2. The number of allylic oxidation sites excluding steroid dienone is 2. The van der Waals surface area contributed by atoms with Crippen molar-refractivity contribution in [2.45, 2.75) is 12.6 Å². The number of benzene rings is 1. The van der Waals surface area contributed by atoms with Crippen molar-refractivity contribution in [1.82, 2.24) is 15.1 Å². The maximum absolute atomic E-state index is 12.9. The summed E-state index contributed by atoms with van der Waals surface area (Å²) in [5.74, 6) is 0.0400. The van der Waals surface area contributed by atoms with Crippen LogP contribution >= 0.6 is 11.3 Å². The van der Waals surface area contributed by atoms with Crippen LogP contribution in [0.2, 0.25) is 0 Å². The van der Waals surface area contributed by atoms with E-state index >= 15 is 0 Å². The lowest BCUT2D eigenvalue weighted by atomic mass is 9.97. The summed E-state index contributed by atoms with van der Waals surface area (Å²) in [5.41, 5.74) is 0.499. The average Bonchev–Trinajstić information content (AvgIpc) is 3.25. The third-order valence-corrected chi connectivity index (χ3v) is 4.96. The molecule has 1 aliphatic heterocycles. The molecule has 2 unspecified atom stereocenters. The average molecular weight is 369 g/mol. The minimum atomic E-state index is -0.444. The minimum absolute atomic E-state index is 0.307. The number of urea groups is 1. The van der Waals surface area contributed by atoms with Crippen LogP contribution in [0.25, 0.3) is 0 Å². The molecule has 2 aliphatic rings. The number of amides is 2. The minimum Gasteiger partial charge on any atom is -0.364 e. The Morgan fingerprint density at radius 1 is 1.12 bits per heavy atom. The topological polar surface area (TPSA) is 70.1 Å². The number of carbonyl (C=O) groups is 1. The Bertz CT molecular complexity index is 889. The van der Waals surface area contributed by atoms with E-state index in [4.69, 9.17) is 0 Å². The molecule has 0 bridgehead atoms. The van der Waals surface area contributed by atoms with E-state index in [9.17, 15) is 9.18 Å². The van der Waals surface area contributed by atoms with Crippen LogP contribution in [0.15, 0.2) is 60.8 Å². The summed E-state index contributed by atoms with van der Waals surface area (Å²) in [6.07, 6.45) is 12.7. The molecule has 1 aliphatic carbocycles. The fourth-order valence-corrected chi connectivity index (χ4v) is 3.65. The van der Waals surface area contributed by atoms with Crippen molar-refractivity contribution in [3.63, 3.8) is 0 Å². The molecule has 2 N–H and O–H groups in total. The van der Waals surface area contributed by atoms with E-state index in [0.29, 0.717) is 29.3 Å². The number of aromatic nitrogens is 2. The predicted molar refractivity (Wildman–Crippen MR) is 99.2 cm³/mol. The van der Waals surface area contributed by atoms with Crippen LogP contribution in [0.3, 0.4) is 0 Å². The molecule has 2 aromatic rings. The maximum atomic E-state index is 12.9. The van der Waals surface area contributed by atoms with Crippen molar-refractivity contribution in [2.24, 2.45) is 5.92 Å². The number of anilines is 2. The van der Waals surface area contributed by atoms with Gasteiger partial charge in [-0.15, -0.1) is 10.2 Å². The number of halogens is 1. The van der Waals surface area contributed by atoms with Gasteiger partial charge in [-0.25, -0.2) is 9.18 Å². The molecule has 8 heteroatoms. The van der Waals surface area contributed by atoms with Crippen molar-refractivity contribution >= 4 is 28.2 Å². The number of fused-ring (bicyclic) bond motifs is 1. The normalized spacial score (nSPS) is 20.3. The van der Waals surface area contributed by atoms with Crippen LogP contribution in [0.5, 0.6) is 0 Å². The van der Waals surface area contributed by atoms with E-state index in [0.717, 1.165) is 5.01 Å². The Kier molecular flexibility index (Phi) is 4.49. The van der Waals surface area contributed by atoms with E-state index in [1.165, 1.54) is 35.6 Å². The predicted octanol–water partition coefficient (Wildman–Crippen LogP) is 3.76. The fraction of sp³-hybridized carbons (Fsp3) is 0.167. The van der Waals surface area contributed by atoms with Crippen molar-refractivity contribution in [1.29, 1.82) is 0 Å². The Morgan fingerprint density at radius 2 is 1.92 bits per heavy atom. The number of carbonyl (C=O) groups excluding carboxylic acids is 1. The van der Waals surface area contributed by atoms with E-state index in [1.54, 1.807) is 0 Å². The highest BCUT2D eigenvalue weighted by Gasteiger charge is 2.27. The van der Waals surface area contributed by atoms with Crippen molar-refractivity contribution in [2.75, 3.05) is 10.6 Å². The van der Waals surface area contributed by atoms with Gasteiger partial charge in [0.15, 0.2) is 0 Å². The Morgan fingerprint density at radius 3 is 2.77 bits per heavy atom. The summed E-state index contributed by atoms with van der Waals surface area (Å²) in [6, 6.07) is 5.41. The quantitative estimate of drug-likeness (QED) is 0.861. The zero-order valence-corrected chi connectivity index (χ0v) is 14.5. The number of nitrogens with one attached hydrogen (secondary N) is 2. The Labute approximate surface area is 153 Å². The zero-order chi connectivity index (χ0) is 17.9. The molecular formula is C18H16FN5OS. The summed E-state index contributed by atoms with van der Waals surface area (Å²) in [4.78, 5) is 14.2. The lowest BCUT2D eigenvalue weighted by Gasteiger charge is -2.26. The fourth-order valence-electron chi connectivity index (χ4n) is 2.91. The largest absolute Gasteiger partial charge is 0.364 e. The SMILES string of the molecule is O=C(Nc1ccc(F)cc1)Nc1nnc(CN2C=CC3C=CC=CC32)s1. The molecule has 2 atom stereocenters. The maximum Gasteiger partial charge on any atom is 0.325 e. The highest BCUT2D eigenvalue weighted by atomic mass is 32.1. The molecule has 1 aromatic carbocycles. The van der Waals surface area contributed by atoms with E-state index in [-0.39, 0.29) is 5.82 Å². The highest BCUT2D eigenvalue weighted by Crippen LogP contribution is 2.29. The van der Waals surface area contributed by atoms with Gasteiger partial charge in [0, 0.05) is 11.6 Å². The molecule has 26 heavy (non-hydrogen) atoms. The van der Waals surface area contributed by atoms with E-state index < -0.39 is 6.03 Å². The highest BCUT2D eigenvalue weighted by molar-refractivity contribution is 7.15. The molecule has 0 radical (unpaired) electrons. The first kappa shape index (κ1) is 16.5. The second kappa shape index (κ2) is 7.09. The molecule has 0 spiro atoms. The van der Waals surface area contributed by atoms with Gasteiger partial charge in [0.05, 0.1) is 12.6 Å². The number of rotatable bonds is 4. The van der Waals surface area contributed by atoms with Crippen LogP contribution in [0, 0.1) is 11.7 Å². The van der Waals surface area contributed by atoms with Crippen LogP contribution < -0.4 is 10.6 Å². The third kappa shape index (κ3) is 3.65.